The monoisotopic (exact) mass is 319 g/mol. The van der Waals surface area contributed by atoms with Crippen LogP contribution in [0.15, 0.2) is 54.7 Å². The number of aromatic nitrogens is 2. The molecule has 4 heteroatoms. The normalized spacial score (nSPS) is 10.8. The molecule has 3 rings (SSSR count). The van der Waals surface area contributed by atoms with E-state index in [2.05, 4.69) is 16.5 Å². The number of nitrogens with zero attached hydrogens (tertiary/aromatic N) is 2. The van der Waals surface area contributed by atoms with Gasteiger partial charge in [0.1, 0.15) is 0 Å². The van der Waals surface area contributed by atoms with Gasteiger partial charge in [-0.1, -0.05) is 43.3 Å². The molecular formula is C20H21N3O. The van der Waals surface area contributed by atoms with Crippen LogP contribution in [0, 0.1) is 6.92 Å². The summed E-state index contributed by atoms with van der Waals surface area (Å²) in [6, 6.07) is 15.8. The van der Waals surface area contributed by atoms with Gasteiger partial charge in [0.05, 0.1) is 17.8 Å². The lowest BCUT2D eigenvalue weighted by molar-refractivity contribution is 0.1000. The van der Waals surface area contributed by atoms with Crippen LogP contribution in [0.3, 0.4) is 0 Å². The van der Waals surface area contributed by atoms with E-state index >= 15 is 0 Å². The summed E-state index contributed by atoms with van der Waals surface area (Å²) >= 11 is 0. The molecule has 2 aromatic heterocycles. The quantitative estimate of drug-likeness (QED) is 0.781. The average Bonchev–Trinajstić information content (AvgIpc) is 2.89. The number of rotatable bonds is 5. The molecule has 0 saturated heterocycles. The Morgan fingerprint density at radius 2 is 1.83 bits per heavy atom. The third kappa shape index (κ3) is 2.83. The van der Waals surface area contributed by atoms with Crippen LogP contribution in [0.5, 0.6) is 0 Å². The predicted octanol–water partition coefficient (Wildman–Crippen LogP) is 3.57. The third-order valence-electron chi connectivity index (χ3n) is 4.32. The Morgan fingerprint density at radius 1 is 1.12 bits per heavy atom. The lowest BCUT2D eigenvalue weighted by Gasteiger charge is -2.11. The molecule has 122 valence electrons. The highest BCUT2D eigenvalue weighted by Gasteiger charge is 2.23. The van der Waals surface area contributed by atoms with Gasteiger partial charge in [-0.25, -0.2) is 0 Å². The number of amides is 1. The fraction of sp³-hybridized carbons (Fsp3) is 0.200. The molecular weight excluding hydrogens is 298 g/mol. The van der Waals surface area contributed by atoms with Gasteiger partial charge in [-0.3, -0.25) is 9.78 Å². The SMILES string of the molecule is CCc1c(-c2ccccc2)c(C(N)=O)c(C)n1Cc1ccccn1. The van der Waals surface area contributed by atoms with E-state index in [0.29, 0.717) is 12.1 Å². The van der Waals surface area contributed by atoms with E-state index in [4.69, 9.17) is 5.73 Å². The lowest BCUT2D eigenvalue weighted by Crippen LogP contribution is -2.13. The van der Waals surface area contributed by atoms with Crippen molar-refractivity contribution in [1.82, 2.24) is 9.55 Å². The van der Waals surface area contributed by atoms with Crippen molar-refractivity contribution in [3.8, 4) is 11.1 Å². The van der Waals surface area contributed by atoms with Gasteiger partial charge in [0.25, 0.3) is 5.91 Å². The molecule has 0 atom stereocenters. The van der Waals surface area contributed by atoms with Gasteiger partial charge >= 0.3 is 0 Å². The number of benzene rings is 1. The number of primary amides is 1. The molecule has 4 nitrogen and oxygen atoms in total. The molecule has 0 aliphatic rings. The Labute approximate surface area is 142 Å². The second-order valence-corrected chi connectivity index (χ2v) is 5.77. The van der Waals surface area contributed by atoms with E-state index in [1.807, 2.05) is 55.5 Å². The first kappa shape index (κ1) is 16.0. The second kappa shape index (κ2) is 6.71. The first-order valence-electron chi connectivity index (χ1n) is 8.10. The van der Waals surface area contributed by atoms with Gasteiger partial charge in [0, 0.05) is 23.1 Å². The molecule has 3 aromatic rings. The summed E-state index contributed by atoms with van der Waals surface area (Å²) in [5.74, 6) is -0.388. The molecule has 0 aliphatic carbocycles. The Morgan fingerprint density at radius 3 is 2.42 bits per heavy atom. The van der Waals surface area contributed by atoms with Crippen molar-refractivity contribution in [3.63, 3.8) is 0 Å². The molecule has 24 heavy (non-hydrogen) atoms. The highest BCUT2D eigenvalue weighted by molar-refractivity contribution is 6.02. The molecule has 0 radical (unpaired) electrons. The van der Waals surface area contributed by atoms with Crippen LogP contribution < -0.4 is 5.73 Å². The van der Waals surface area contributed by atoms with Gasteiger partial charge < -0.3 is 10.3 Å². The zero-order chi connectivity index (χ0) is 17.1. The standard InChI is InChI=1S/C20H21N3O/c1-3-17-19(15-9-5-4-6-10-15)18(20(21)24)14(2)23(17)13-16-11-7-8-12-22-16/h4-12H,3,13H2,1-2H3,(H2,21,24). The first-order chi connectivity index (χ1) is 11.6. The average molecular weight is 319 g/mol. The van der Waals surface area contributed by atoms with Crippen molar-refractivity contribution < 1.29 is 4.79 Å². The Bertz CT molecular complexity index is 852. The number of carbonyl (C=O) groups is 1. The Balaban J connectivity index is 2.22. The van der Waals surface area contributed by atoms with Gasteiger partial charge in [-0.05, 0) is 31.0 Å². The number of pyridine rings is 1. The van der Waals surface area contributed by atoms with E-state index in [1.165, 1.54) is 0 Å². The minimum atomic E-state index is -0.388. The minimum Gasteiger partial charge on any atom is -0.366 e. The van der Waals surface area contributed by atoms with Crippen molar-refractivity contribution in [3.05, 3.63) is 77.4 Å². The van der Waals surface area contributed by atoms with Crippen molar-refractivity contribution in [2.45, 2.75) is 26.8 Å². The molecule has 1 aromatic carbocycles. The number of nitrogens with two attached hydrogens (primary N) is 1. The molecule has 0 unspecified atom stereocenters. The van der Waals surface area contributed by atoms with E-state index in [1.54, 1.807) is 6.20 Å². The molecule has 0 bridgehead atoms. The predicted molar refractivity (Wildman–Crippen MR) is 95.8 cm³/mol. The van der Waals surface area contributed by atoms with E-state index in [-0.39, 0.29) is 5.91 Å². The Hall–Kier alpha value is -2.88. The summed E-state index contributed by atoms with van der Waals surface area (Å²) in [7, 11) is 0. The molecule has 1 amide bonds. The number of carbonyl (C=O) groups excluding carboxylic acids is 1. The lowest BCUT2D eigenvalue weighted by atomic mass is 9.99. The molecule has 0 aliphatic heterocycles. The summed E-state index contributed by atoms with van der Waals surface area (Å²) in [5, 5.41) is 0. The maximum atomic E-state index is 12.1. The zero-order valence-corrected chi connectivity index (χ0v) is 14.0. The van der Waals surface area contributed by atoms with E-state index < -0.39 is 0 Å². The molecule has 0 fully saturated rings. The topological polar surface area (TPSA) is 60.9 Å². The second-order valence-electron chi connectivity index (χ2n) is 5.77. The largest absolute Gasteiger partial charge is 0.366 e. The number of hydrogen-bond acceptors (Lipinski definition) is 2. The van der Waals surface area contributed by atoms with Gasteiger partial charge in [-0.15, -0.1) is 0 Å². The molecule has 0 spiro atoms. The van der Waals surface area contributed by atoms with E-state index in [0.717, 1.165) is 34.6 Å². The molecule has 0 saturated carbocycles. The van der Waals surface area contributed by atoms with Crippen molar-refractivity contribution in [2.75, 3.05) is 0 Å². The summed E-state index contributed by atoms with van der Waals surface area (Å²) in [5.41, 5.74) is 11.2. The highest BCUT2D eigenvalue weighted by atomic mass is 16.1. The van der Waals surface area contributed by atoms with Crippen molar-refractivity contribution >= 4 is 5.91 Å². The van der Waals surface area contributed by atoms with Crippen LogP contribution in [0.2, 0.25) is 0 Å². The summed E-state index contributed by atoms with van der Waals surface area (Å²) in [6.45, 7) is 4.68. The summed E-state index contributed by atoms with van der Waals surface area (Å²) in [4.78, 5) is 16.6. The summed E-state index contributed by atoms with van der Waals surface area (Å²) in [6.07, 6.45) is 2.60. The van der Waals surface area contributed by atoms with Gasteiger partial charge in [0.15, 0.2) is 0 Å². The number of hydrogen-bond donors (Lipinski definition) is 1. The smallest absolute Gasteiger partial charge is 0.251 e. The Kier molecular flexibility index (Phi) is 4.47. The summed E-state index contributed by atoms with van der Waals surface area (Å²) < 4.78 is 2.16. The fourth-order valence-corrected chi connectivity index (χ4v) is 3.25. The molecule has 2 N–H and O–H groups in total. The van der Waals surface area contributed by atoms with Crippen LogP contribution in [0.1, 0.15) is 34.4 Å². The van der Waals surface area contributed by atoms with Crippen molar-refractivity contribution in [2.24, 2.45) is 5.73 Å². The molecule has 2 heterocycles. The van der Waals surface area contributed by atoms with Crippen LogP contribution in [0.25, 0.3) is 11.1 Å². The van der Waals surface area contributed by atoms with E-state index in [9.17, 15) is 4.79 Å². The fourth-order valence-electron chi connectivity index (χ4n) is 3.25. The maximum Gasteiger partial charge on any atom is 0.251 e. The van der Waals surface area contributed by atoms with Gasteiger partial charge in [0.2, 0.25) is 0 Å². The third-order valence-corrected chi connectivity index (χ3v) is 4.32. The van der Waals surface area contributed by atoms with Crippen LogP contribution >= 0.6 is 0 Å². The zero-order valence-electron chi connectivity index (χ0n) is 14.0. The van der Waals surface area contributed by atoms with Crippen LogP contribution in [-0.4, -0.2) is 15.5 Å². The van der Waals surface area contributed by atoms with Crippen LogP contribution in [-0.2, 0) is 13.0 Å². The highest BCUT2D eigenvalue weighted by Crippen LogP contribution is 2.33. The van der Waals surface area contributed by atoms with Crippen molar-refractivity contribution in [1.29, 1.82) is 0 Å². The van der Waals surface area contributed by atoms with Crippen LogP contribution in [0.4, 0.5) is 0 Å². The minimum absolute atomic E-state index is 0.388. The maximum absolute atomic E-state index is 12.1. The first-order valence-corrected chi connectivity index (χ1v) is 8.10. The van der Waals surface area contributed by atoms with Gasteiger partial charge in [-0.2, -0.15) is 0 Å².